The Morgan fingerprint density at radius 1 is 1.29 bits per heavy atom. The molecule has 8 heteroatoms. The van der Waals surface area contributed by atoms with Gasteiger partial charge in [0.15, 0.2) is 5.13 Å². The van der Waals surface area contributed by atoms with E-state index in [0.717, 1.165) is 53.1 Å². The van der Waals surface area contributed by atoms with Gasteiger partial charge in [0.05, 0.1) is 28.3 Å². The number of hydrogen-bond acceptors (Lipinski definition) is 6. The quantitative estimate of drug-likeness (QED) is 0.594. The topological polar surface area (TPSA) is 45.7 Å². The standard InChI is InChI=1S/C20H23N3O2S2.ClH/c1-14-12-15(2)18-16(13-14)21-20(27-18)23(19(24)17-4-3-11-26-17)6-5-22-7-9-25-10-8-22;/h3-4,11-13H,5-10H2,1-2H3;1H. The van der Waals surface area contributed by atoms with E-state index in [9.17, 15) is 4.79 Å². The molecule has 5 nitrogen and oxygen atoms in total. The number of ether oxygens (including phenoxy) is 1. The molecule has 4 rings (SSSR count). The summed E-state index contributed by atoms with van der Waals surface area (Å²) in [5, 5.41) is 2.73. The fraction of sp³-hybridized carbons (Fsp3) is 0.400. The van der Waals surface area contributed by atoms with Crippen molar-refractivity contribution in [1.29, 1.82) is 0 Å². The molecular weight excluding hydrogens is 414 g/mol. The lowest BCUT2D eigenvalue weighted by Gasteiger charge is -2.29. The Kier molecular flexibility index (Phi) is 7.06. The Morgan fingerprint density at radius 3 is 2.79 bits per heavy atom. The van der Waals surface area contributed by atoms with Crippen LogP contribution in [0.25, 0.3) is 10.2 Å². The first-order valence-corrected chi connectivity index (χ1v) is 10.8. The van der Waals surface area contributed by atoms with Crippen LogP contribution in [-0.2, 0) is 4.74 Å². The molecule has 0 bridgehead atoms. The van der Waals surface area contributed by atoms with E-state index in [-0.39, 0.29) is 18.3 Å². The van der Waals surface area contributed by atoms with Gasteiger partial charge in [0.25, 0.3) is 5.91 Å². The van der Waals surface area contributed by atoms with Crippen LogP contribution in [0.3, 0.4) is 0 Å². The Bertz CT molecular complexity index is 936. The number of anilines is 1. The number of nitrogens with zero attached hydrogens (tertiary/aromatic N) is 3. The number of fused-ring (bicyclic) bond motifs is 1. The number of halogens is 1. The van der Waals surface area contributed by atoms with Gasteiger partial charge in [-0.1, -0.05) is 23.5 Å². The average Bonchev–Trinajstić information content (AvgIpc) is 3.32. The Morgan fingerprint density at radius 2 is 2.07 bits per heavy atom. The molecule has 1 saturated heterocycles. The molecule has 1 aliphatic rings. The lowest BCUT2D eigenvalue weighted by atomic mass is 10.1. The van der Waals surface area contributed by atoms with Crippen LogP contribution < -0.4 is 4.90 Å². The third-order valence-electron chi connectivity index (χ3n) is 4.76. The van der Waals surface area contributed by atoms with Gasteiger partial charge in [-0.2, -0.15) is 0 Å². The van der Waals surface area contributed by atoms with Gasteiger partial charge in [0.2, 0.25) is 0 Å². The highest BCUT2D eigenvalue weighted by atomic mass is 35.5. The monoisotopic (exact) mass is 437 g/mol. The predicted octanol–water partition coefficient (Wildman–Crippen LogP) is 4.38. The molecule has 3 aromatic rings. The molecule has 1 aromatic carbocycles. The van der Waals surface area contributed by atoms with Crippen molar-refractivity contribution in [2.75, 3.05) is 44.3 Å². The molecule has 2 aromatic heterocycles. The zero-order chi connectivity index (χ0) is 18.8. The maximum Gasteiger partial charge on any atom is 0.270 e. The van der Waals surface area contributed by atoms with Crippen LogP contribution in [0.1, 0.15) is 20.8 Å². The van der Waals surface area contributed by atoms with Crippen LogP contribution in [0.15, 0.2) is 29.6 Å². The van der Waals surface area contributed by atoms with Crippen molar-refractivity contribution in [2.45, 2.75) is 13.8 Å². The van der Waals surface area contributed by atoms with E-state index in [1.807, 2.05) is 22.4 Å². The summed E-state index contributed by atoms with van der Waals surface area (Å²) in [7, 11) is 0. The minimum absolute atomic E-state index is 0. The van der Waals surface area contributed by atoms with Crippen LogP contribution in [0.4, 0.5) is 5.13 Å². The molecule has 0 saturated carbocycles. The largest absolute Gasteiger partial charge is 0.379 e. The summed E-state index contributed by atoms with van der Waals surface area (Å²) in [4.78, 5) is 22.9. The van der Waals surface area contributed by atoms with Gasteiger partial charge in [-0.15, -0.1) is 23.7 Å². The first-order chi connectivity index (χ1) is 13.1. The molecule has 1 amide bonds. The number of aromatic nitrogens is 1. The average molecular weight is 438 g/mol. The molecule has 0 atom stereocenters. The Labute approximate surface area is 179 Å². The number of thiazole rings is 1. The first-order valence-electron chi connectivity index (χ1n) is 9.15. The molecule has 0 N–H and O–H groups in total. The zero-order valence-corrected chi connectivity index (χ0v) is 18.5. The molecule has 1 fully saturated rings. The molecular formula is C20H24ClN3O2S2. The van der Waals surface area contributed by atoms with Crippen LogP contribution in [0.5, 0.6) is 0 Å². The van der Waals surface area contributed by atoms with E-state index in [1.54, 1.807) is 11.3 Å². The maximum atomic E-state index is 13.2. The van der Waals surface area contributed by atoms with Gasteiger partial charge in [-0.05, 0) is 42.5 Å². The summed E-state index contributed by atoms with van der Waals surface area (Å²) in [6.07, 6.45) is 0. The van der Waals surface area contributed by atoms with Crippen LogP contribution in [0.2, 0.25) is 0 Å². The Balaban J connectivity index is 0.00000225. The molecule has 3 heterocycles. The molecule has 150 valence electrons. The van der Waals surface area contributed by atoms with Crippen molar-refractivity contribution in [3.8, 4) is 0 Å². The SMILES string of the molecule is Cc1cc(C)c2sc(N(CCN3CCOCC3)C(=O)c3cccs3)nc2c1.Cl. The third-order valence-corrected chi connectivity index (χ3v) is 6.85. The lowest BCUT2D eigenvalue weighted by Crippen LogP contribution is -2.43. The van der Waals surface area contributed by atoms with Crippen molar-refractivity contribution >= 4 is 56.3 Å². The van der Waals surface area contributed by atoms with Gasteiger partial charge in [0, 0.05) is 26.2 Å². The summed E-state index contributed by atoms with van der Waals surface area (Å²) in [5.74, 6) is 0.0340. The van der Waals surface area contributed by atoms with Crippen LogP contribution >= 0.6 is 35.1 Å². The summed E-state index contributed by atoms with van der Waals surface area (Å²) < 4.78 is 6.59. The molecule has 0 radical (unpaired) electrons. The van der Waals surface area contributed by atoms with Crippen molar-refractivity contribution in [3.05, 3.63) is 45.6 Å². The summed E-state index contributed by atoms with van der Waals surface area (Å²) in [5.41, 5.74) is 3.38. The van der Waals surface area contributed by atoms with E-state index < -0.39 is 0 Å². The molecule has 0 unspecified atom stereocenters. The zero-order valence-electron chi connectivity index (χ0n) is 16.0. The molecule has 0 aliphatic carbocycles. The van der Waals surface area contributed by atoms with Crippen LogP contribution in [-0.4, -0.2) is 55.2 Å². The van der Waals surface area contributed by atoms with Gasteiger partial charge < -0.3 is 4.74 Å². The number of hydrogen-bond donors (Lipinski definition) is 0. The Hall–Kier alpha value is -1.51. The fourth-order valence-electron chi connectivity index (χ4n) is 3.36. The highest BCUT2D eigenvalue weighted by molar-refractivity contribution is 7.22. The lowest BCUT2D eigenvalue weighted by molar-refractivity contribution is 0.0391. The van der Waals surface area contributed by atoms with Crippen molar-refractivity contribution in [1.82, 2.24) is 9.88 Å². The molecule has 1 aliphatic heterocycles. The van der Waals surface area contributed by atoms with Gasteiger partial charge in [-0.3, -0.25) is 14.6 Å². The van der Waals surface area contributed by atoms with E-state index in [1.165, 1.54) is 22.5 Å². The van der Waals surface area contributed by atoms with Crippen molar-refractivity contribution < 1.29 is 9.53 Å². The van der Waals surface area contributed by atoms with Crippen molar-refractivity contribution in [2.24, 2.45) is 0 Å². The third kappa shape index (κ3) is 4.55. The summed E-state index contributed by atoms with van der Waals surface area (Å²) in [6.45, 7) is 9.01. The van der Waals surface area contributed by atoms with Crippen molar-refractivity contribution in [3.63, 3.8) is 0 Å². The van der Waals surface area contributed by atoms with Gasteiger partial charge >= 0.3 is 0 Å². The van der Waals surface area contributed by atoms with E-state index in [0.29, 0.717) is 6.54 Å². The second-order valence-electron chi connectivity index (χ2n) is 6.81. The van der Waals surface area contributed by atoms with Gasteiger partial charge in [-0.25, -0.2) is 4.98 Å². The highest BCUT2D eigenvalue weighted by Gasteiger charge is 2.23. The van der Waals surface area contributed by atoms with E-state index in [2.05, 4.69) is 30.9 Å². The van der Waals surface area contributed by atoms with Crippen LogP contribution in [0, 0.1) is 13.8 Å². The number of thiophene rings is 1. The van der Waals surface area contributed by atoms with E-state index >= 15 is 0 Å². The predicted molar refractivity (Wildman–Crippen MR) is 120 cm³/mol. The first kappa shape index (κ1) is 21.2. The normalized spacial score (nSPS) is 14.8. The highest BCUT2D eigenvalue weighted by Crippen LogP contribution is 2.33. The fourth-order valence-corrected chi connectivity index (χ4v) is 5.08. The number of amides is 1. The minimum atomic E-state index is 0. The number of rotatable bonds is 5. The molecule has 0 spiro atoms. The number of aryl methyl sites for hydroxylation is 2. The maximum absolute atomic E-state index is 13.2. The number of benzene rings is 1. The summed E-state index contributed by atoms with van der Waals surface area (Å²) >= 11 is 3.09. The number of carbonyl (C=O) groups is 1. The smallest absolute Gasteiger partial charge is 0.270 e. The molecule has 28 heavy (non-hydrogen) atoms. The van der Waals surface area contributed by atoms with E-state index in [4.69, 9.17) is 9.72 Å². The number of carbonyl (C=O) groups excluding carboxylic acids is 1. The second kappa shape index (κ2) is 9.33. The summed E-state index contributed by atoms with van der Waals surface area (Å²) in [6, 6.07) is 8.07. The van der Waals surface area contributed by atoms with Gasteiger partial charge in [0.1, 0.15) is 0 Å². The number of morpholine rings is 1. The minimum Gasteiger partial charge on any atom is -0.379 e. The second-order valence-corrected chi connectivity index (χ2v) is 8.74.